The van der Waals surface area contributed by atoms with E-state index in [1.165, 1.54) is 12.3 Å². The maximum absolute atomic E-state index is 12.0. The normalized spacial score (nSPS) is 16.8. The second-order valence-corrected chi connectivity index (χ2v) is 7.70. The Morgan fingerprint density at radius 3 is 2.79 bits per heavy atom. The van der Waals surface area contributed by atoms with Gasteiger partial charge in [0.2, 0.25) is 0 Å². The number of carbonyl (C=O) groups excluding carboxylic acids is 2. The Hall–Kier alpha value is -3.14. The van der Waals surface area contributed by atoms with Gasteiger partial charge in [0.25, 0.3) is 15.9 Å². The van der Waals surface area contributed by atoms with Crippen molar-refractivity contribution in [3.8, 4) is 0 Å². The van der Waals surface area contributed by atoms with E-state index in [1.807, 2.05) is 0 Å². The molecule has 9 nitrogen and oxygen atoms in total. The van der Waals surface area contributed by atoms with Crippen LogP contribution in [-0.4, -0.2) is 39.3 Å². The average Bonchev–Trinajstić information content (AvgIpc) is 3.28. The van der Waals surface area contributed by atoms with Crippen LogP contribution < -0.4 is 10.0 Å². The third-order valence-corrected chi connectivity index (χ3v) is 5.36. The van der Waals surface area contributed by atoms with Crippen molar-refractivity contribution in [1.29, 1.82) is 0 Å². The first kappa shape index (κ1) is 19.6. The van der Waals surface area contributed by atoms with Crippen LogP contribution in [0.3, 0.4) is 0 Å². The first-order valence-corrected chi connectivity index (χ1v) is 10.00. The number of fused-ring (bicyclic) bond motifs is 1. The number of rotatable bonds is 7. The van der Waals surface area contributed by atoms with Gasteiger partial charge in [0.15, 0.2) is 6.61 Å². The molecular weight excluding hydrogens is 386 g/mol. The molecule has 10 heteroatoms. The first-order valence-electron chi connectivity index (χ1n) is 8.52. The maximum Gasteiger partial charge on any atom is 0.308 e. The summed E-state index contributed by atoms with van der Waals surface area (Å²) in [5.41, 5.74) is 0.460. The third-order valence-electron chi connectivity index (χ3n) is 3.96. The number of hydrogen-bond donors (Lipinski definition) is 2. The minimum absolute atomic E-state index is 0.0233. The molecule has 3 rings (SSSR count). The highest BCUT2D eigenvalue weighted by atomic mass is 32.2. The van der Waals surface area contributed by atoms with Gasteiger partial charge in [-0.15, -0.1) is 0 Å². The zero-order valence-electron chi connectivity index (χ0n) is 15.0. The number of benzene rings is 1. The summed E-state index contributed by atoms with van der Waals surface area (Å²) in [6.45, 7) is 1.35. The number of esters is 1. The molecule has 0 fully saturated rings. The summed E-state index contributed by atoms with van der Waals surface area (Å²) >= 11 is 0. The highest BCUT2D eigenvalue weighted by molar-refractivity contribution is 7.90. The molecular formula is C18H19N3O6S. The van der Waals surface area contributed by atoms with Crippen LogP contribution in [0, 0.1) is 0 Å². The number of aliphatic imine (C=N–C) groups is 1. The number of nitrogens with zero attached hydrogens (tertiary/aromatic N) is 1. The second-order valence-electron chi connectivity index (χ2n) is 6.05. The van der Waals surface area contributed by atoms with E-state index >= 15 is 0 Å². The number of hydrogen-bond acceptors (Lipinski definition) is 7. The number of sulfonamides is 1. The van der Waals surface area contributed by atoms with Crippen molar-refractivity contribution in [3.05, 3.63) is 54.0 Å². The van der Waals surface area contributed by atoms with Gasteiger partial charge in [0.05, 0.1) is 30.2 Å². The number of nitrogens with one attached hydrogen (secondary N) is 2. The quantitative estimate of drug-likeness (QED) is 0.665. The van der Waals surface area contributed by atoms with Crippen LogP contribution in [0.25, 0.3) is 0 Å². The molecule has 1 aromatic heterocycles. The Balaban J connectivity index is 1.45. The predicted molar refractivity (Wildman–Crippen MR) is 99.0 cm³/mol. The van der Waals surface area contributed by atoms with Crippen LogP contribution in [0.15, 0.2) is 57.0 Å². The van der Waals surface area contributed by atoms with Crippen LogP contribution in [0.2, 0.25) is 0 Å². The maximum atomic E-state index is 12.0. The van der Waals surface area contributed by atoms with Crippen LogP contribution in [0.1, 0.15) is 30.7 Å². The third kappa shape index (κ3) is 4.58. The lowest BCUT2D eigenvalue weighted by atomic mass is 10.2. The standard InChI is InChI=1S/C18H19N3O6S/c1-12(14-6-4-10-26-14)20-16(22)11-27-17(23)8-9-19-18-13-5-2-3-7-15(13)28(24,25)21-18/h2-7,10,12H,8-9,11H2,1H3,(H,19,21)(H,20,22)/t12-/m0/s1. The molecule has 1 atom stereocenters. The molecule has 0 radical (unpaired) electrons. The fourth-order valence-corrected chi connectivity index (χ4v) is 3.87. The van der Waals surface area contributed by atoms with E-state index in [-0.39, 0.29) is 29.7 Å². The predicted octanol–water partition coefficient (Wildman–Crippen LogP) is 1.13. The number of carbonyl (C=O) groups is 2. The Labute approximate surface area is 161 Å². The van der Waals surface area contributed by atoms with Gasteiger partial charge in [0, 0.05) is 5.56 Å². The molecule has 1 aliphatic rings. The van der Waals surface area contributed by atoms with Gasteiger partial charge in [-0.2, -0.15) is 0 Å². The number of amides is 1. The van der Waals surface area contributed by atoms with E-state index in [9.17, 15) is 18.0 Å². The Morgan fingerprint density at radius 1 is 1.25 bits per heavy atom. The van der Waals surface area contributed by atoms with Crippen LogP contribution in [-0.2, 0) is 24.3 Å². The number of ether oxygens (including phenoxy) is 1. The van der Waals surface area contributed by atoms with E-state index in [1.54, 1.807) is 37.3 Å². The molecule has 1 aliphatic heterocycles. The molecule has 1 aromatic carbocycles. The van der Waals surface area contributed by atoms with Crippen molar-refractivity contribution >= 4 is 27.7 Å². The molecule has 2 aromatic rings. The van der Waals surface area contributed by atoms with Crippen molar-refractivity contribution in [2.24, 2.45) is 4.99 Å². The lowest BCUT2D eigenvalue weighted by molar-refractivity contribution is -0.148. The summed E-state index contributed by atoms with van der Waals surface area (Å²) < 4.78 is 36.4. The molecule has 0 saturated heterocycles. The lowest BCUT2D eigenvalue weighted by Crippen LogP contribution is -2.31. The number of amidine groups is 1. The summed E-state index contributed by atoms with van der Waals surface area (Å²) in [6.07, 6.45) is 1.41. The van der Waals surface area contributed by atoms with E-state index in [2.05, 4.69) is 15.0 Å². The van der Waals surface area contributed by atoms with Gasteiger partial charge in [-0.05, 0) is 31.2 Å². The Bertz CT molecular complexity index is 998. The average molecular weight is 405 g/mol. The molecule has 1 amide bonds. The largest absolute Gasteiger partial charge is 0.467 e. The summed E-state index contributed by atoms with van der Waals surface area (Å²) in [4.78, 5) is 27.9. The van der Waals surface area contributed by atoms with Crippen molar-refractivity contribution in [2.75, 3.05) is 13.2 Å². The molecule has 0 aliphatic carbocycles. The molecule has 28 heavy (non-hydrogen) atoms. The van der Waals surface area contributed by atoms with Crippen molar-refractivity contribution < 1.29 is 27.2 Å². The SMILES string of the molecule is C[C@H](NC(=O)COC(=O)CCN=C1NS(=O)(=O)c2ccccc21)c1ccco1. The van der Waals surface area contributed by atoms with Gasteiger partial charge in [0.1, 0.15) is 11.6 Å². The molecule has 2 N–H and O–H groups in total. The van der Waals surface area contributed by atoms with Crippen LogP contribution >= 0.6 is 0 Å². The fraction of sp³-hybridized carbons (Fsp3) is 0.278. The molecule has 2 heterocycles. The zero-order valence-corrected chi connectivity index (χ0v) is 15.9. The molecule has 0 saturated carbocycles. The Morgan fingerprint density at radius 2 is 2.04 bits per heavy atom. The Kier molecular flexibility index (Phi) is 5.78. The second kappa shape index (κ2) is 8.26. The van der Waals surface area contributed by atoms with Gasteiger partial charge < -0.3 is 14.5 Å². The first-order chi connectivity index (χ1) is 13.4. The van der Waals surface area contributed by atoms with Crippen molar-refractivity contribution in [2.45, 2.75) is 24.3 Å². The van der Waals surface area contributed by atoms with E-state index < -0.39 is 28.5 Å². The molecule has 0 spiro atoms. The van der Waals surface area contributed by atoms with E-state index in [4.69, 9.17) is 9.15 Å². The molecule has 148 valence electrons. The monoisotopic (exact) mass is 405 g/mol. The highest BCUT2D eigenvalue weighted by Crippen LogP contribution is 2.22. The van der Waals surface area contributed by atoms with Crippen LogP contribution in [0.5, 0.6) is 0 Å². The van der Waals surface area contributed by atoms with Gasteiger partial charge in [-0.1, -0.05) is 12.1 Å². The fourth-order valence-electron chi connectivity index (χ4n) is 2.62. The van der Waals surface area contributed by atoms with Crippen molar-refractivity contribution in [3.63, 3.8) is 0 Å². The summed E-state index contributed by atoms with van der Waals surface area (Å²) in [7, 11) is -3.61. The number of furan rings is 1. The van der Waals surface area contributed by atoms with Gasteiger partial charge in [-0.25, -0.2) is 8.42 Å². The van der Waals surface area contributed by atoms with Gasteiger partial charge >= 0.3 is 5.97 Å². The molecule has 0 unspecified atom stereocenters. The molecule has 0 bridgehead atoms. The smallest absolute Gasteiger partial charge is 0.308 e. The zero-order chi connectivity index (χ0) is 20.1. The van der Waals surface area contributed by atoms with Crippen LogP contribution in [0.4, 0.5) is 0 Å². The minimum atomic E-state index is -3.61. The van der Waals surface area contributed by atoms with Crippen molar-refractivity contribution in [1.82, 2.24) is 10.0 Å². The summed E-state index contributed by atoms with van der Waals surface area (Å²) in [5, 5.41) is 2.64. The summed E-state index contributed by atoms with van der Waals surface area (Å²) in [5.74, 6) is -0.288. The topological polar surface area (TPSA) is 127 Å². The summed E-state index contributed by atoms with van der Waals surface area (Å²) in [6, 6.07) is 9.53. The lowest BCUT2D eigenvalue weighted by Gasteiger charge is -2.11. The van der Waals surface area contributed by atoms with E-state index in [0.29, 0.717) is 11.3 Å². The highest BCUT2D eigenvalue weighted by Gasteiger charge is 2.29. The van der Waals surface area contributed by atoms with Gasteiger partial charge in [-0.3, -0.25) is 19.3 Å². The minimum Gasteiger partial charge on any atom is -0.467 e. The van der Waals surface area contributed by atoms with E-state index in [0.717, 1.165) is 0 Å².